The molecule has 3 rings (SSSR count). The molecule has 0 aliphatic heterocycles. The first-order valence-corrected chi connectivity index (χ1v) is 7.67. The minimum Gasteiger partial charge on any atom is -0.330 e. The Morgan fingerprint density at radius 2 is 1.72 bits per heavy atom. The molecule has 2 aliphatic carbocycles. The van der Waals surface area contributed by atoms with E-state index in [0.717, 1.165) is 6.54 Å². The summed E-state index contributed by atoms with van der Waals surface area (Å²) >= 11 is 0. The van der Waals surface area contributed by atoms with Gasteiger partial charge in [0.25, 0.3) is 0 Å². The summed E-state index contributed by atoms with van der Waals surface area (Å²) in [5.41, 5.74) is 11.4. The molecule has 18 heavy (non-hydrogen) atoms. The summed E-state index contributed by atoms with van der Waals surface area (Å²) in [4.78, 5) is 0. The number of aryl methyl sites for hydroxylation is 1. The molecular formula is C17H25N. The van der Waals surface area contributed by atoms with Crippen molar-refractivity contribution in [1.29, 1.82) is 0 Å². The Balaban J connectivity index is 2.04. The average molecular weight is 243 g/mol. The van der Waals surface area contributed by atoms with Crippen LogP contribution in [0.2, 0.25) is 0 Å². The number of benzene rings is 1. The number of hydrogen-bond acceptors (Lipinski definition) is 1. The number of hydrogen-bond donors (Lipinski definition) is 1. The minimum absolute atomic E-state index is 0.306. The summed E-state index contributed by atoms with van der Waals surface area (Å²) in [7, 11) is 0. The molecule has 0 amide bonds. The zero-order valence-electron chi connectivity index (χ0n) is 11.4. The third-order valence-electron chi connectivity index (χ3n) is 5.17. The molecule has 2 N–H and O–H groups in total. The molecule has 0 radical (unpaired) electrons. The standard InChI is InChI=1S/C17H25N/c18-13-17(11-4-1-5-12-17)16-10-6-8-14-7-2-3-9-15(14)16/h6,8,10H,1-5,7,9,11-13,18H2. The van der Waals surface area contributed by atoms with Crippen molar-refractivity contribution in [1.82, 2.24) is 0 Å². The van der Waals surface area contributed by atoms with E-state index in [0.29, 0.717) is 5.41 Å². The van der Waals surface area contributed by atoms with Gasteiger partial charge >= 0.3 is 0 Å². The van der Waals surface area contributed by atoms with Crippen molar-refractivity contribution in [2.45, 2.75) is 63.2 Å². The van der Waals surface area contributed by atoms with Crippen molar-refractivity contribution >= 4 is 0 Å². The number of rotatable bonds is 2. The van der Waals surface area contributed by atoms with E-state index in [1.54, 1.807) is 16.7 Å². The van der Waals surface area contributed by atoms with Gasteiger partial charge in [0, 0.05) is 12.0 Å². The second-order valence-corrected chi connectivity index (χ2v) is 6.20. The summed E-state index contributed by atoms with van der Waals surface area (Å²) in [5, 5.41) is 0. The Labute approximate surface area is 111 Å². The molecule has 2 aliphatic rings. The molecule has 0 spiro atoms. The Morgan fingerprint density at radius 3 is 2.50 bits per heavy atom. The third-order valence-corrected chi connectivity index (χ3v) is 5.17. The lowest BCUT2D eigenvalue weighted by Gasteiger charge is -2.39. The van der Waals surface area contributed by atoms with E-state index in [-0.39, 0.29) is 0 Å². The molecule has 0 saturated heterocycles. The Hall–Kier alpha value is -0.820. The summed E-state index contributed by atoms with van der Waals surface area (Å²) < 4.78 is 0. The van der Waals surface area contributed by atoms with Gasteiger partial charge in [0.05, 0.1) is 0 Å². The molecule has 0 atom stereocenters. The van der Waals surface area contributed by atoms with Crippen molar-refractivity contribution < 1.29 is 0 Å². The predicted molar refractivity (Wildman–Crippen MR) is 76.9 cm³/mol. The van der Waals surface area contributed by atoms with E-state index < -0.39 is 0 Å². The fourth-order valence-corrected chi connectivity index (χ4v) is 4.09. The smallest absolute Gasteiger partial charge is 0.00783 e. The second-order valence-electron chi connectivity index (χ2n) is 6.20. The largest absolute Gasteiger partial charge is 0.330 e. The van der Waals surface area contributed by atoms with E-state index in [2.05, 4.69) is 18.2 Å². The molecule has 1 nitrogen and oxygen atoms in total. The quantitative estimate of drug-likeness (QED) is 0.841. The highest BCUT2D eigenvalue weighted by atomic mass is 14.6. The van der Waals surface area contributed by atoms with Gasteiger partial charge in [-0.3, -0.25) is 0 Å². The third kappa shape index (κ3) is 1.99. The monoisotopic (exact) mass is 243 g/mol. The molecule has 1 aromatic rings. The van der Waals surface area contributed by atoms with Gasteiger partial charge < -0.3 is 5.73 Å². The van der Waals surface area contributed by atoms with Crippen molar-refractivity contribution in [3.63, 3.8) is 0 Å². The molecule has 1 saturated carbocycles. The van der Waals surface area contributed by atoms with E-state index in [1.165, 1.54) is 57.8 Å². The Kier molecular flexibility index (Phi) is 3.43. The summed E-state index contributed by atoms with van der Waals surface area (Å²) in [6.45, 7) is 0.837. The van der Waals surface area contributed by atoms with Crippen LogP contribution in [-0.4, -0.2) is 6.54 Å². The van der Waals surface area contributed by atoms with Gasteiger partial charge in [0.2, 0.25) is 0 Å². The lowest BCUT2D eigenvalue weighted by molar-refractivity contribution is 0.298. The molecule has 98 valence electrons. The van der Waals surface area contributed by atoms with E-state index in [4.69, 9.17) is 5.73 Å². The molecule has 0 bridgehead atoms. The molecule has 1 heteroatoms. The summed E-state index contributed by atoms with van der Waals surface area (Å²) in [6.07, 6.45) is 12.0. The molecule has 1 fully saturated rings. The van der Waals surface area contributed by atoms with Crippen molar-refractivity contribution in [2.75, 3.05) is 6.54 Å². The summed E-state index contributed by atoms with van der Waals surface area (Å²) in [5.74, 6) is 0. The van der Waals surface area contributed by atoms with Gasteiger partial charge in [-0.05, 0) is 55.2 Å². The van der Waals surface area contributed by atoms with Crippen LogP contribution in [0.5, 0.6) is 0 Å². The van der Waals surface area contributed by atoms with Gasteiger partial charge in [-0.25, -0.2) is 0 Å². The topological polar surface area (TPSA) is 26.0 Å². The zero-order chi connectivity index (χ0) is 12.4. The lowest BCUT2D eigenvalue weighted by atomic mass is 9.66. The van der Waals surface area contributed by atoms with Crippen LogP contribution in [0.3, 0.4) is 0 Å². The maximum absolute atomic E-state index is 6.20. The second kappa shape index (κ2) is 5.05. The number of fused-ring (bicyclic) bond motifs is 1. The average Bonchev–Trinajstić information content (AvgIpc) is 2.47. The zero-order valence-corrected chi connectivity index (χ0v) is 11.4. The SMILES string of the molecule is NCC1(c2cccc3c2CCCC3)CCCCC1. The van der Waals surface area contributed by atoms with Crippen molar-refractivity contribution in [3.8, 4) is 0 Å². The first-order valence-electron chi connectivity index (χ1n) is 7.67. The molecular weight excluding hydrogens is 218 g/mol. The molecule has 1 aromatic carbocycles. The maximum Gasteiger partial charge on any atom is 0.00783 e. The van der Waals surface area contributed by atoms with E-state index >= 15 is 0 Å². The van der Waals surface area contributed by atoms with Crippen LogP contribution in [0.4, 0.5) is 0 Å². The molecule has 0 unspecified atom stereocenters. The van der Waals surface area contributed by atoms with Gasteiger partial charge in [-0.1, -0.05) is 37.5 Å². The van der Waals surface area contributed by atoms with Gasteiger partial charge in [0.15, 0.2) is 0 Å². The summed E-state index contributed by atoms with van der Waals surface area (Å²) in [6, 6.07) is 6.98. The van der Waals surface area contributed by atoms with Crippen LogP contribution >= 0.6 is 0 Å². The first kappa shape index (κ1) is 12.2. The number of nitrogens with two attached hydrogens (primary N) is 1. The van der Waals surface area contributed by atoms with Crippen LogP contribution in [0.1, 0.15) is 61.6 Å². The van der Waals surface area contributed by atoms with Crippen LogP contribution in [-0.2, 0) is 18.3 Å². The Morgan fingerprint density at radius 1 is 0.944 bits per heavy atom. The van der Waals surface area contributed by atoms with Crippen LogP contribution in [0.25, 0.3) is 0 Å². The highest BCUT2D eigenvalue weighted by molar-refractivity contribution is 5.42. The van der Waals surface area contributed by atoms with Gasteiger partial charge in [-0.15, -0.1) is 0 Å². The van der Waals surface area contributed by atoms with Crippen LogP contribution in [0.15, 0.2) is 18.2 Å². The maximum atomic E-state index is 6.20. The highest BCUT2D eigenvalue weighted by Gasteiger charge is 2.34. The molecule has 0 heterocycles. The van der Waals surface area contributed by atoms with Gasteiger partial charge in [-0.2, -0.15) is 0 Å². The van der Waals surface area contributed by atoms with Crippen molar-refractivity contribution in [2.24, 2.45) is 5.73 Å². The van der Waals surface area contributed by atoms with Crippen molar-refractivity contribution in [3.05, 3.63) is 34.9 Å². The molecule has 0 aromatic heterocycles. The lowest BCUT2D eigenvalue weighted by Crippen LogP contribution is -2.38. The van der Waals surface area contributed by atoms with Crippen LogP contribution < -0.4 is 5.73 Å². The minimum atomic E-state index is 0.306. The fourth-order valence-electron chi connectivity index (χ4n) is 4.09. The van der Waals surface area contributed by atoms with E-state index in [9.17, 15) is 0 Å². The van der Waals surface area contributed by atoms with Gasteiger partial charge in [0.1, 0.15) is 0 Å². The highest BCUT2D eigenvalue weighted by Crippen LogP contribution is 2.42. The normalized spacial score (nSPS) is 22.5. The first-order chi connectivity index (χ1) is 8.86. The van der Waals surface area contributed by atoms with Crippen LogP contribution in [0, 0.1) is 0 Å². The predicted octanol–water partition coefficient (Wildman–Crippen LogP) is 3.73. The van der Waals surface area contributed by atoms with E-state index in [1.807, 2.05) is 0 Å². The fraction of sp³-hybridized carbons (Fsp3) is 0.647. The Bertz CT molecular complexity index is 416.